The molecule has 1 nitrogen and oxygen atoms in total. The van der Waals surface area contributed by atoms with Crippen LogP contribution in [0.2, 0.25) is 0 Å². The summed E-state index contributed by atoms with van der Waals surface area (Å²) in [6, 6.07) is 7.71. The van der Waals surface area contributed by atoms with E-state index in [1.165, 1.54) is 11.8 Å². The third-order valence-corrected chi connectivity index (χ3v) is 2.65. The fourth-order valence-electron chi connectivity index (χ4n) is 1.26. The third-order valence-electron chi connectivity index (χ3n) is 1.88. The minimum atomic E-state index is 0.157. The molecule has 0 bridgehead atoms. The Morgan fingerprint density at radius 2 is 2.21 bits per heavy atom. The first-order chi connectivity index (χ1) is 6.79. The van der Waals surface area contributed by atoms with E-state index in [1.807, 2.05) is 37.3 Å². The SMILES string of the molecule is C=CCc1ccccc1C(=O)SCC. The van der Waals surface area contributed by atoms with Gasteiger partial charge in [-0.2, -0.15) is 0 Å². The molecule has 1 rings (SSSR count). The quantitative estimate of drug-likeness (QED) is 0.703. The highest BCUT2D eigenvalue weighted by Gasteiger charge is 2.08. The van der Waals surface area contributed by atoms with Crippen molar-refractivity contribution in [2.75, 3.05) is 5.75 Å². The molecule has 0 atom stereocenters. The Bertz CT molecular complexity index is 331. The fraction of sp³-hybridized carbons (Fsp3) is 0.250. The molecule has 0 fully saturated rings. The summed E-state index contributed by atoms with van der Waals surface area (Å²) < 4.78 is 0. The van der Waals surface area contributed by atoms with Crippen LogP contribution in [0.4, 0.5) is 0 Å². The highest BCUT2D eigenvalue weighted by Crippen LogP contribution is 2.17. The number of hydrogen-bond donors (Lipinski definition) is 0. The molecule has 74 valence electrons. The lowest BCUT2D eigenvalue weighted by Gasteiger charge is -2.04. The summed E-state index contributed by atoms with van der Waals surface area (Å²) in [7, 11) is 0. The van der Waals surface area contributed by atoms with Crippen LogP contribution < -0.4 is 0 Å². The van der Waals surface area contributed by atoms with Crippen molar-refractivity contribution in [1.29, 1.82) is 0 Å². The van der Waals surface area contributed by atoms with E-state index < -0.39 is 0 Å². The normalized spacial score (nSPS) is 9.79. The van der Waals surface area contributed by atoms with Gasteiger partial charge in [0.1, 0.15) is 0 Å². The second kappa shape index (κ2) is 5.66. The average Bonchev–Trinajstić information content (AvgIpc) is 2.19. The van der Waals surface area contributed by atoms with Gasteiger partial charge >= 0.3 is 0 Å². The van der Waals surface area contributed by atoms with Crippen molar-refractivity contribution in [2.24, 2.45) is 0 Å². The number of thioether (sulfide) groups is 1. The van der Waals surface area contributed by atoms with Gasteiger partial charge in [0, 0.05) is 5.56 Å². The van der Waals surface area contributed by atoms with Gasteiger partial charge in [0.25, 0.3) is 0 Å². The van der Waals surface area contributed by atoms with Gasteiger partial charge in [0.15, 0.2) is 0 Å². The van der Waals surface area contributed by atoms with Gasteiger partial charge in [0.2, 0.25) is 5.12 Å². The lowest BCUT2D eigenvalue weighted by atomic mass is 10.1. The van der Waals surface area contributed by atoms with Gasteiger partial charge < -0.3 is 0 Å². The number of carbonyl (C=O) groups is 1. The molecule has 0 saturated heterocycles. The molecule has 0 amide bonds. The third kappa shape index (κ3) is 2.74. The van der Waals surface area contributed by atoms with Gasteiger partial charge in [-0.05, 0) is 17.7 Å². The van der Waals surface area contributed by atoms with Crippen LogP contribution in [0, 0.1) is 0 Å². The summed E-state index contributed by atoms with van der Waals surface area (Å²) in [5, 5.41) is 0.157. The molecule has 0 aliphatic heterocycles. The Labute approximate surface area is 89.2 Å². The van der Waals surface area contributed by atoms with E-state index in [0.29, 0.717) is 0 Å². The van der Waals surface area contributed by atoms with E-state index in [2.05, 4.69) is 6.58 Å². The first-order valence-electron chi connectivity index (χ1n) is 4.65. The Morgan fingerprint density at radius 1 is 1.50 bits per heavy atom. The molecule has 0 aliphatic carbocycles. The number of allylic oxidation sites excluding steroid dienone is 1. The summed E-state index contributed by atoms with van der Waals surface area (Å²) in [4.78, 5) is 11.7. The highest BCUT2D eigenvalue weighted by molar-refractivity contribution is 8.14. The van der Waals surface area contributed by atoms with Gasteiger partial charge in [-0.3, -0.25) is 4.79 Å². The fourth-order valence-corrected chi connectivity index (χ4v) is 1.88. The van der Waals surface area contributed by atoms with Gasteiger partial charge in [-0.15, -0.1) is 6.58 Å². The summed E-state index contributed by atoms with van der Waals surface area (Å²) in [5.41, 5.74) is 1.88. The van der Waals surface area contributed by atoms with E-state index in [4.69, 9.17) is 0 Å². The van der Waals surface area contributed by atoms with E-state index in [9.17, 15) is 4.79 Å². The van der Waals surface area contributed by atoms with Crippen molar-refractivity contribution >= 4 is 16.9 Å². The Morgan fingerprint density at radius 3 is 2.86 bits per heavy atom. The molecule has 0 N–H and O–H groups in total. The smallest absolute Gasteiger partial charge is 0.219 e. The lowest BCUT2D eigenvalue weighted by molar-refractivity contribution is 0.108. The number of hydrogen-bond acceptors (Lipinski definition) is 2. The zero-order valence-electron chi connectivity index (χ0n) is 8.32. The van der Waals surface area contributed by atoms with Gasteiger partial charge in [-0.25, -0.2) is 0 Å². The van der Waals surface area contributed by atoms with Crippen LogP contribution >= 0.6 is 11.8 Å². The predicted molar refractivity (Wildman–Crippen MR) is 62.8 cm³/mol. The van der Waals surface area contributed by atoms with E-state index in [-0.39, 0.29) is 5.12 Å². The van der Waals surface area contributed by atoms with Crippen molar-refractivity contribution in [3.05, 3.63) is 48.0 Å². The first-order valence-corrected chi connectivity index (χ1v) is 5.64. The van der Waals surface area contributed by atoms with Crippen LogP contribution in [-0.2, 0) is 6.42 Å². The lowest BCUT2D eigenvalue weighted by Crippen LogP contribution is -1.99. The maximum atomic E-state index is 11.7. The monoisotopic (exact) mass is 206 g/mol. The Hall–Kier alpha value is -1.02. The van der Waals surface area contributed by atoms with Crippen LogP contribution in [0.5, 0.6) is 0 Å². The topological polar surface area (TPSA) is 17.1 Å². The van der Waals surface area contributed by atoms with Crippen LogP contribution in [0.1, 0.15) is 22.8 Å². The first kappa shape index (κ1) is 11.1. The molecule has 0 aliphatic rings. The molecule has 1 aromatic rings. The molecular formula is C12H14OS. The summed E-state index contributed by atoms with van der Waals surface area (Å²) in [6.45, 7) is 5.67. The van der Waals surface area contributed by atoms with Crippen molar-refractivity contribution in [2.45, 2.75) is 13.3 Å². The van der Waals surface area contributed by atoms with Crippen LogP contribution in [0.25, 0.3) is 0 Å². The minimum absolute atomic E-state index is 0.157. The van der Waals surface area contributed by atoms with E-state index in [0.717, 1.165) is 23.3 Å². The molecule has 0 radical (unpaired) electrons. The molecule has 0 heterocycles. The van der Waals surface area contributed by atoms with Crippen LogP contribution in [-0.4, -0.2) is 10.9 Å². The molecular weight excluding hydrogens is 192 g/mol. The largest absolute Gasteiger partial charge is 0.282 e. The molecule has 0 unspecified atom stereocenters. The van der Waals surface area contributed by atoms with Crippen molar-refractivity contribution < 1.29 is 4.79 Å². The minimum Gasteiger partial charge on any atom is -0.282 e. The van der Waals surface area contributed by atoms with Gasteiger partial charge in [-0.1, -0.05) is 49.0 Å². The zero-order chi connectivity index (χ0) is 10.4. The van der Waals surface area contributed by atoms with E-state index >= 15 is 0 Å². The maximum Gasteiger partial charge on any atom is 0.219 e. The highest BCUT2D eigenvalue weighted by atomic mass is 32.2. The second-order valence-electron chi connectivity index (χ2n) is 2.87. The zero-order valence-corrected chi connectivity index (χ0v) is 9.14. The van der Waals surface area contributed by atoms with Crippen molar-refractivity contribution in [3.63, 3.8) is 0 Å². The Balaban J connectivity index is 2.93. The number of rotatable bonds is 4. The standard InChI is InChI=1S/C12H14OS/c1-3-7-10-8-5-6-9-11(10)12(13)14-4-2/h3,5-6,8-9H,1,4,7H2,2H3. The van der Waals surface area contributed by atoms with Gasteiger partial charge in [0.05, 0.1) is 0 Å². The molecule has 2 heteroatoms. The predicted octanol–water partition coefficient (Wildman–Crippen LogP) is 3.31. The van der Waals surface area contributed by atoms with E-state index in [1.54, 1.807) is 0 Å². The van der Waals surface area contributed by atoms with Crippen molar-refractivity contribution in [3.8, 4) is 0 Å². The molecule has 14 heavy (non-hydrogen) atoms. The number of benzene rings is 1. The molecule has 0 aromatic heterocycles. The van der Waals surface area contributed by atoms with Crippen LogP contribution in [0.3, 0.4) is 0 Å². The summed E-state index contributed by atoms with van der Waals surface area (Å²) >= 11 is 1.35. The summed E-state index contributed by atoms with van der Waals surface area (Å²) in [5.74, 6) is 0.821. The average molecular weight is 206 g/mol. The molecule has 0 spiro atoms. The second-order valence-corrected chi connectivity index (χ2v) is 4.11. The Kier molecular flexibility index (Phi) is 4.47. The number of carbonyl (C=O) groups excluding carboxylic acids is 1. The maximum absolute atomic E-state index is 11.7. The molecule has 0 saturated carbocycles. The van der Waals surface area contributed by atoms with Crippen molar-refractivity contribution in [1.82, 2.24) is 0 Å². The molecule has 1 aromatic carbocycles. The van der Waals surface area contributed by atoms with Crippen LogP contribution in [0.15, 0.2) is 36.9 Å². The summed E-state index contributed by atoms with van der Waals surface area (Å²) in [6.07, 6.45) is 2.58.